The van der Waals surface area contributed by atoms with Gasteiger partial charge >= 0.3 is 0 Å². The van der Waals surface area contributed by atoms with E-state index in [-0.39, 0.29) is 18.1 Å². The van der Waals surface area contributed by atoms with E-state index in [0.29, 0.717) is 24.6 Å². The van der Waals surface area contributed by atoms with Gasteiger partial charge in [-0.15, -0.1) is 0 Å². The molecular weight excluding hydrogens is 300 g/mol. The number of hydrogen-bond acceptors (Lipinski definition) is 5. The van der Waals surface area contributed by atoms with Crippen LogP contribution in [0.15, 0.2) is 18.3 Å². The third-order valence-electron chi connectivity index (χ3n) is 3.24. The number of amides is 1. The van der Waals surface area contributed by atoms with E-state index in [9.17, 15) is 4.79 Å². The van der Waals surface area contributed by atoms with Gasteiger partial charge in [-0.2, -0.15) is 11.8 Å². The molecule has 22 heavy (non-hydrogen) atoms. The van der Waals surface area contributed by atoms with Crippen molar-refractivity contribution in [2.45, 2.75) is 38.9 Å². The summed E-state index contributed by atoms with van der Waals surface area (Å²) in [6.45, 7) is 5.23. The molecule has 0 saturated carbocycles. The van der Waals surface area contributed by atoms with Gasteiger partial charge in [-0.3, -0.25) is 4.79 Å². The quantitative estimate of drug-likeness (QED) is 0.745. The Hall–Kier alpha value is -1.27. The molecule has 1 aliphatic rings. The second kappa shape index (κ2) is 9.00. The van der Waals surface area contributed by atoms with Crippen molar-refractivity contribution in [2.24, 2.45) is 0 Å². The van der Waals surface area contributed by atoms with E-state index in [4.69, 9.17) is 9.47 Å². The standard InChI is InChI=1S/C16H24N2O3S/c1-12(2)20-9-4-8-17-15(19)14-5-3-7-18-16(14)21-13-6-10-22-11-13/h3,5,7,12-13H,4,6,8-11H2,1-2H3,(H,17,19). The summed E-state index contributed by atoms with van der Waals surface area (Å²) in [5.41, 5.74) is 0.504. The van der Waals surface area contributed by atoms with Gasteiger partial charge in [-0.05, 0) is 44.6 Å². The minimum atomic E-state index is -0.140. The van der Waals surface area contributed by atoms with Gasteiger partial charge < -0.3 is 14.8 Å². The van der Waals surface area contributed by atoms with Gasteiger partial charge in [-0.1, -0.05) is 0 Å². The average Bonchev–Trinajstić information content (AvgIpc) is 3.00. The molecule has 1 atom stereocenters. The Balaban J connectivity index is 1.83. The molecule has 0 bridgehead atoms. The van der Waals surface area contributed by atoms with E-state index in [1.165, 1.54) is 0 Å². The van der Waals surface area contributed by atoms with Crippen molar-refractivity contribution in [2.75, 3.05) is 24.7 Å². The molecule has 0 radical (unpaired) electrons. The molecule has 0 aliphatic carbocycles. The second-order valence-corrected chi connectivity index (χ2v) is 6.64. The maximum absolute atomic E-state index is 12.3. The van der Waals surface area contributed by atoms with Crippen LogP contribution in [0.3, 0.4) is 0 Å². The SMILES string of the molecule is CC(C)OCCCNC(=O)c1cccnc1OC1CCSC1. The minimum absolute atomic E-state index is 0.140. The third kappa shape index (κ3) is 5.50. The number of carbonyl (C=O) groups excluding carboxylic acids is 1. The van der Waals surface area contributed by atoms with E-state index >= 15 is 0 Å². The van der Waals surface area contributed by atoms with Crippen LogP contribution in [0, 0.1) is 0 Å². The third-order valence-corrected chi connectivity index (χ3v) is 4.37. The number of rotatable bonds is 8. The molecule has 2 rings (SSSR count). The number of nitrogens with one attached hydrogen (secondary N) is 1. The number of nitrogens with zero attached hydrogens (tertiary/aromatic N) is 1. The maximum atomic E-state index is 12.3. The molecule has 1 aliphatic heterocycles. The summed E-state index contributed by atoms with van der Waals surface area (Å²) >= 11 is 1.87. The number of aromatic nitrogens is 1. The Bertz CT molecular complexity index is 476. The Morgan fingerprint density at radius 3 is 3.14 bits per heavy atom. The van der Waals surface area contributed by atoms with Gasteiger partial charge in [0.05, 0.1) is 6.10 Å². The van der Waals surface area contributed by atoms with Crippen LogP contribution in [0.1, 0.15) is 37.0 Å². The largest absolute Gasteiger partial charge is 0.473 e. The topological polar surface area (TPSA) is 60.5 Å². The molecule has 0 aromatic carbocycles. The van der Waals surface area contributed by atoms with Crippen molar-refractivity contribution in [3.05, 3.63) is 23.9 Å². The minimum Gasteiger partial charge on any atom is -0.473 e. The Kier molecular flexibility index (Phi) is 6.99. The summed E-state index contributed by atoms with van der Waals surface area (Å²) in [4.78, 5) is 16.5. The first-order valence-electron chi connectivity index (χ1n) is 7.76. The molecule has 122 valence electrons. The number of carbonyl (C=O) groups is 1. The Morgan fingerprint density at radius 1 is 1.55 bits per heavy atom. The van der Waals surface area contributed by atoms with Gasteiger partial charge in [-0.25, -0.2) is 4.98 Å². The highest BCUT2D eigenvalue weighted by atomic mass is 32.2. The van der Waals surface area contributed by atoms with Gasteiger partial charge in [0, 0.05) is 25.1 Å². The summed E-state index contributed by atoms with van der Waals surface area (Å²) in [6, 6.07) is 3.51. The van der Waals surface area contributed by atoms with Crippen molar-refractivity contribution in [3.8, 4) is 5.88 Å². The van der Waals surface area contributed by atoms with Crippen LogP contribution < -0.4 is 10.1 Å². The zero-order chi connectivity index (χ0) is 15.8. The number of hydrogen-bond donors (Lipinski definition) is 1. The van der Waals surface area contributed by atoms with Crippen molar-refractivity contribution >= 4 is 17.7 Å². The summed E-state index contributed by atoms with van der Waals surface area (Å²) in [5, 5.41) is 2.89. The van der Waals surface area contributed by atoms with E-state index in [2.05, 4.69) is 10.3 Å². The summed E-state index contributed by atoms with van der Waals surface area (Å²) in [6.07, 6.45) is 3.84. The first-order valence-corrected chi connectivity index (χ1v) is 8.91. The van der Waals surface area contributed by atoms with Crippen LogP contribution in [0.4, 0.5) is 0 Å². The highest BCUT2D eigenvalue weighted by Crippen LogP contribution is 2.24. The zero-order valence-electron chi connectivity index (χ0n) is 13.2. The van der Waals surface area contributed by atoms with Crippen LogP contribution in [-0.2, 0) is 4.74 Å². The van der Waals surface area contributed by atoms with Crippen molar-refractivity contribution in [1.29, 1.82) is 0 Å². The maximum Gasteiger partial charge on any atom is 0.256 e. The predicted molar refractivity (Wildman–Crippen MR) is 88.6 cm³/mol. The molecule has 0 spiro atoms. The summed E-state index contributed by atoms with van der Waals surface area (Å²) in [5.74, 6) is 2.36. The fourth-order valence-electron chi connectivity index (χ4n) is 2.11. The molecule has 6 heteroatoms. The van der Waals surface area contributed by atoms with Crippen molar-refractivity contribution in [1.82, 2.24) is 10.3 Å². The fourth-order valence-corrected chi connectivity index (χ4v) is 3.20. The average molecular weight is 324 g/mol. The molecule has 1 saturated heterocycles. The van der Waals surface area contributed by atoms with Crippen LogP contribution in [0.2, 0.25) is 0 Å². The lowest BCUT2D eigenvalue weighted by Gasteiger charge is -2.14. The molecule has 5 nitrogen and oxygen atoms in total. The van der Waals surface area contributed by atoms with Gasteiger partial charge in [0.25, 0.3) is 5.91 Å². The summed E-state index contributed by atoms with van der Waals surface area (Å²) in [7, 11) is 0. The number of ether oxygens (including phenoxy) is 2. The van der Waals surface area contributed by atoms with Crippen molar-refractivity contribution in [3.63, 3.8) is 0 Å². The van der Waals surface area contributed by atoms with Gasteiger partial charge in [0.1, 0.15) is 11.7 Å². The first-order chi connectivity index (χ1) is 10.7. The first kappa shape index (κ1) is 17.1. The lowest BCUT2D eigenvalue weighted by Crippen LogP contribution is -2.27. The molecule has 1 amide bonds. The highest BCUT2D eigenvalue weighted by Gasteiger charge is 2.21. The van der Waals surface area contributed by atoms with Crippen LogP contribution in [-0.4, -0.2) is 47.8 Å². The van der Waals surface area contributed by atoms with E-state index in [0.717, 1.165) is 24.3 Å². The van der Waals surface area contributed by atoms with Gasteiger partial charge in [0.15, 0.2) is 0 Å². The molecule has 1 N–H and O–H groups in total. The molecule has 1 aromatic rings. The van der Waals surface area contributed by atoms with Crippen LogP contribution >= 0.6 is 11.8 Å². The summed E-state index contributed by atoms with van der Waals surface area (Å²) < 4.78 is 11.3. The lowest BCUT2D eigenvalue weighted by molar-refractivity contribution is 0.0756. The van der Waals surface area contributed by atoms with E-state index in [1.54, 1.807) is 18.3 Å². The normalized spacial score (nSPS) is 17.7. The molecule has 1 aromatic heterocycles. The Morgan fingerprint density at radius 2 is 2.41 bits per heavy atom. The highest BCUT2D eigenvalue weighted by molar-refractivity contribution is 7.99. The number of pyridine rings is 1. The second-order valence-electron chi connectivity index (χ2n) is 5.49. The van der Waals surface area contributed by atoms with Gasteiger partial charge in [0.2, 0.25) is 5.88 Å². The molecular formula is C16H24N2O3S. The predicted octanol–water partition coefficient (Wildman–Crippen LogP) is 2.51. The zero-order valence-corrected chi connectivity index (χ0v) is 14.0. The smallest absolute Gasteiger partial charge is 0.256 e. The molecule has 2 heterocycles. The lowest BCUT2D eigenvalue weighted by atomic mass is 10.2. The van der Waals surface area contributed by atoms with Crippen LogP contribution in [0.25, 0.3) is 0 Å². The van der Waals surface area contributed by atoms with E-state index < -0.39 is 0 Å². The van der Waals surface area contributed by atoms with Crippen LogP contribution in [0.5, 0.6) is 5.88 Å². The number of thioether (sulfide) groups is 1. The monoisotopic (exact) mass is 324 g/mol. The fraction of sp³-hybridized carbons (Fsp3) is 0.625. The Labute approximate surface area is 136 Å². The van der Waals surface area contributed by atoms with Crippen molar-refractivity contribution < 1.29 is 14.3 Å². The van der Waals surface area contributed by atoms with E-state index in [1.807, 2.05) is 25.6 Å². The molecule has 1 fully saturated rings. The molecule has 1 unspecified atom stereocenters.